The van der Waals surface area contributed by atoms with E-state index < -0.39 is 0 Å². The van der Waals surface area contributed by atoms with E-state index in [0.29, 0.717) is 22.9 Å². The summed E-state index contributed by atoms with van der Waals surface area (Å²) in [5, 5.41) is 7.57. The first kappa shape index (κ1) is 14.9. The van der Waals surface area contributed by atoms with Crippen molar-refractivity contribution in [1.82, 2.24) is 9.78 Å². The molecule has 1 fully saturated rings. The molecule has 1 atom stereocenters. The molecule has 0 aliphatic carbocycles. The van der Waals surface area contributed by atoms with Crippen molar-refractivity contribution < 1.29 is 0 Å². The third-order valence-corrected chi connectivity index (χ3v) is 5.13. The van der Waals surface area contributed by atoms with Crippen LogP contribution >= 0.6 is 27.7 Å². The molecular formula is C13H20BrN3OS. The van der Waals surface area contributed by atoms with Crippen LogP contribution in [-0.4, -0.2) is 27.8 Å². The van der Waals surface area contributed by atoms with Gasteiger partial charge in [0.1, 0.15) is 4.47 Å². The van der Waals surface area contributed by atoms with Crippen LogP contribution in [-0.2, 0) is 6.54 Å². The summed E-state index contributed by atoms with van der Waals surface area (Å²) in [6.45, 7) is 5.72. The lowest BCUT2D eigenvalue weighted by atomic mass is 10.1. The van der Waals surface area contributed by atoms with E-state index in [1.54, 1.807) is 6.20 Å². The molecule has 2 heterocycles. The monoisotopic (exact) mass is 345 g/mol. The van der Waals surface area contributed by atoms with Crippen LogP contribution in [0.2, 0.25) is 0 Å². The van der Waals surface area contributed by atoms with Crippen molar-refractivity contribution in [3.63, 3.8) is 0 Å². The van der Waals surface area contributed by atoms with Gasteiger partial charge < -0.3 is 5.32 Å². The minimum Gasteiger partial charge on any atom is -0.382 e. The van der Waals surface area contributed by atoms with Crippen LogP contribution in [0.3, 0.4) is 0 Å². The van der Waals surface area contributed by atoms with Gasteiger partial charge in [0.25, 0.3) is 5.56 Å². The molecule has 0 amide bonds. The number of rotatable bonds is 5. The molecule has 0 spiro atoms. The van der Waals surface area contributed by atoms with E-state index in [9.17, 15) is 4.79 Å². The van der Waals surface area contributed by atoms with E-state index in [1.807, 2.05) is 11.8 Å². The van der Waals surface area contributed by atoms with Crippen LogP contribution in [0.5, 0.6) is 0 Å². The van der Waals surface area contributed by atoms with Gasteiger partial charge in [0.15, 0.2) is 0 Å². The number of anilines is 1. The van der Waals surface area contributed by atoms with Crippen LogP contribution in [0.15, 0.2) is 15.5 Å². The maximum atomic E-state index is 12.1. The molecule has 1 aliphatic heterocycles. The van der Waals surface area contributed by atoms with E-state index in [2.05, 4.69) is 40.2 Å². The summed E-state index contributed by atoms with van der Waals surface area (Å²) in [5.41, 5.74) is 0.751. The number of nitrogens with one attached hydrogen (secondary N) is 1. The highest BCUT2D eigenvalue weighted by Crippen LogP contribution is 2.24. The van der Waals surface area contributed by atoms with Gasteiger partial charge in [-0.25, -0.2) is 4.68 Å². The molecule has 1 aromatic rings. The van der Waals surface area contributed by atoms with Gasteiger partial charge in [-0.2, -0.15) is 16.9 Å². The van der Waals surface area contributed by atoms with Crippen molar-refractivity contribution in [2.24, 2.45) is 11.8 Å². The smallest absolute Gasteiger partial charge is 0.283 e. The number of nitrogens with zero attached hydrogens (tertiary/aromatic N) is 2. The number of halogens is 1. The molecule has 4 nitrogen and oxygen atoms in total. The van der Waals surface area contributed by atoms with Gasteiger partial charge in [-0.15, -0.1) is 0 Å². The molecule has 2 rings (SSSR count). The Morgan fingerprint density at radius 2 is 2.42 bits per heavy atom. The second-order valence-corrected chi connectivity index (χ2v) is 7.31. The summed E-state index contributed by atoms with van der Waals surface area (Å²) in [6, 6.07) is 0. The number of thioether (sulfide) groups is 1. The van der Waals surface area contributed by atoms with Crippen LogP contribution in [0.4, 0.5) is 5.69 Å². The molecule has 0 saturated carbocycles. The van der Waals surface area contributed by atoms with Crippen LogP contribution in [0.1, 0.15) is 20.3 Å². The molecule has 19 heavy (non-hydrogen) atoms. The zero-order valence-corrected chi connectivity index (χ0v) is 13.8. The van der Waals surface area contributed by atoms with Crippen LogP contribution in [0.25, 0.3) is 0 Å². The van der Waals surface area contributed by atoms with Gasteiger partial charge >= 0.3 is 0 Å². The third kappa shape index (κ3) is 3.99. The molecule has 1 aliphatic rings. The minimum absolute atomic E-state index is 0.0560. The SMILES string of the molecule is CC(C)Cn1ncc(NCC2CCSC2)c(Br)c1=O. The van der Waals surface area contributed by atoms with E-state index in [1.165, 1.54) is 22.6 Å². The highest BCUT2D eigenvalue weighted by atomic mass is 79.9. The fourth-order valence-electron chi connectivity index (χ4n) is 2.06. The summed E-state index contributed by atoms with van der Waals surface area (Å²) < 4.78 is 2.11. The number of hydrogen-bond acceptors (Lipinski definition) is 4. The van der Waals surface area contributed by atoms with E-state index >= 15 is 0 Å². The summed E-state index contributed by atoms with van der Waals surface area (Å²) >= 11 is 5.39. The van der Waals surface area contributed by atoms with Crippen molar-refractivity contribution in [2.75, 3.05) is 23.4 Å². The zero-order valence-electron chi connectivity index (χ0n) is 11.4. The average molecular weight is 346 g/mol. The van der Waals surface area contributed by atoms with Gasteiger partial charge in [0.05, 0.1) is 11.9 Å². The van der Waals surface area contributed by atoms with E-state index in [0.717, 1.165) is 12.2 Å². The Morgan fingerprint density at radius 3 is 3.05 bits per heavy atom. The van der Waals surface area contributed by atoms with Crippen LogP contribution in [0, 0.1) is 11.8 Å². The van der Waals surface area contributed by atoms with Gasteiger partial charge in [0.2, 0.25) is 0 Å². The molecule has 1 aromatic heterocycles. The molecule has 1 N–H and O–H groups in total. The standard InChI is InChI=1S/C13H20BrN3OS/c1-9(2)7-17-13(18)12(14)11(6-16-17)15-5-10-3-4-19-8-10/h6,9-10,15H,3-5,7-8H2,1-2H3. The Bertz CT molecular complexity index is 483. The molecule has 1 saturated heterocycles. The predicted octanol–water partition coefficient (Wildman–Crippen LogP) is 2.83. The van der Waals surface area contributed by atoms with Gasteiger partial charge in [0, 0.05) is 13.1 Å². The van der Waals surface area contributed by atoms with Crippen molar-refractivity contribution >= 4 is 33.4 Å². The molecule has 106 valence electrons. The second-order valence-electron chi connectivity index (χ2n) is 5.36. The molecule has 0 radical (unpaired) electrons. The van der Waals surface area contributed by atoms with Crippen LogP contribution < -0.4 is 10.9 Å². The summed E-state index contributed by atoms with van der Waals surface area (Å²) in [7, 11) is 0. The third-order valence-electron chi connectivity index (χ3n) is 3.13. The van der Waals surface area contributed by atoms with Crippen molar-refractivity contribution in [3.05, 3.63) is 21.0 Å². The lowest BCUT2D eigenvalue weighted by Crippen LogP contribution is -2.27. The van der Waals surface area contributed by atoms with Crippen molar-refractivity contribution in [2.45, 2.75) is 26.8 Å². The zero-order chi connectivity index (χ0) is 13.8. The summed E-state index contributed by atoms with van der Waals surface area (Å²) in [4.78, 5) is 12.1. The summed E-state index contributed by atoms with van der Waals surface area (Å²) in [6.07, 6.45) is 3.00. The maximum absolute atomic E-state index is 12.1. The van der Waals surface area contributed by atoms with Crippen molar-refractivity contribution in [3.8, 4) is 0 Å². The minimum atomic E-state index is -0.0560. The highest BCUT2D eigenvalue weighted by molar-refractivity contribution is 9.10. The average Bonchev–Trinajstić information content (AvgIpc) is 2.87. The van der Waals surface area contributed by atoms with E-state index in [4.69, 9.17) is 0 Å². The first-order chi connectivity index (χ1) is 9.08. The maximum Gasteiger partial charge on any atom is 0.283 e. The molecule has 6 heteroatoms. The van der Waals surface area contributed by atoms with Gasteiger partial charge in [-0.1, -0.05) is 13.8 Å². The predicted molar refractivity (Wildman–Crippen MR) is 85.0 cm³/mol. The summed E-state index contributed by atoms with van der Waals surface area (Å²) in [5.74, 6) is 3.57. The normalized spacial score (nSPS) is 19.1. The second kappa shape index (κ2) is 6.79. The lowest BCUT2D eigenvalue weighted by Gasteiger charge is -2.14. The first-order valence-electron chi connectivity index (χ1n) is 6.65. The number of hydrogen-bond donors (Lipinski definition) is 1. The molecule has 0 bridgehead atoms. The lowest BCUT2D eigenvalue weighted by molar-refractivity contribution is 0.462. The molecule has 1 unspecified atom stereocenters. The Labute approximate surface area is 126 Å². The Kier molecular flexibility index (Phi) is 5.33. The number of aromatic nitrogens is 2. The largest absolute Gasteiger partial charge is 0.382 e. The van der Waals surface area contributed by atoms with Crippen molar-refractivity contribution in [1.29, 1.82) is 0 Å². The topological polar surface area (TPSA) is 46.9 Å². The van der Waals surface area contributed by atoms with Gasteiger partial charge in [-0.3, -0.25) is 4.79 Å². The van der Waals surface area contributed by atoms with Gasteiger partial charge in [-0.05, 0) is 45.7 Å². The molecular weight excluding hydrogens is 326 g/mol. The highest BCUT2D eigenvalue weighted by Gasteiger charge is 2.16. The van der Waals surface area contributed by atoms with E-state index in [-0.39, 0.29) is 5.56 Å². The Balaban J connectivity index is 2.05. The Morgan fingerprint density at radius 1 is 1.63 bits per heavy atom. The fraction of sp³-hybridized carbons (Fsp3) is 0.692. The molecule has 0 aromatic carbocycles. The first-order valence-corrected chi connectivity index (χ1v) is 8.60. The Hall–Kier alpha value is -0.490. The quantitative estimate of drug-likeness (QED) is 0.891. The fourth-order valence-corrected chi connectivity index (χ4v) is 3.79.